The van der Waals surface area contributed by atoms with Gasteiger partial charge in [-0.25, -0.2) is 4.98 Å². The van der Waals surface area contributed by atoms with E-state index in [1.54, 1.807) is 0 Å². The SMILES string of the molecule is CCOC(=O)CNc1c(C2CCCCC2)nc2c(Br)cc(Br)cn12. The summed E-state index contributed by atoms with van der Waals surface area (Å²) in [4.78, 5) is 16.6. The minimum Gasteiger partial charge on any atom is -0.465 e. The number of aromatic nitrogens is 2. The van der Waals surface area contributed by atoms with Crippen LogP contribution in [0.3, 0.4) is 0 Å². The van der Waals surface area contributed by atoms with E-state index in [1.807, 2.05) is 23.6 Å². The minimum absolute atomic E-state index is 0.144. The van der Waals surface area contributed by atoms with Crippen molar-refractivity contribution in [1.29, 1.82) is 0 Å². The number of nitrogens with one attached hydrogen (secondary N) is 1. The van der Waals surface area contributed by atoms with E-state index in [-0.39, 0.29) is 12.5 Å². The van der Waals surface area contributed by atoms with Crippen molar-refractivity contribution in [3.05, 3.63) is 26.9 Å². The van der Waals surface area contributed by atoms with Gasteiger partial charge in [-0.15, -0.1) is 0 Å². The molecule has 1 saturated carbocycles. The molecule has 1 aliphatic carbocycles. The number of halogens is 2. The van der Waals surface area contributed by atoms with Crippen LogP contribution < -0.4 is 5.32 Å². The first-order chi connectivity index (χ1) is 11.6. The highest BCUT2D eigenvalue weighted by molar-refractivity contribution is 9.11. The maximum atomic E-state index is 11.8. The van der Waals surface area contributed by atoms with Crippen LogP contribution in [0.1, 0.15) is 50.6 Å². The van der Waals surface area contributed by atoms with Gasteiger partial charge in [-0.3, -0.25) is 9.20 Å². The molecule has 2 aromatic heterocycles. The lowest BCUT2D eigenvalue weighted by Gasteiger charge is -2.21. The summed E-state index contributed by atoms with van der Waals surface area (Å²) in [6, 6.07) is 1.99. The van der Waals surface area contributed by atoms with Crippen molar-refractivity contribution in [2.75, 3.05) is 18.5 Å². The second-order valence-electron chi connectivity index (χ2n) is 6.04. The lowest BCUT2D eigenvalue weighted by Crippen LogP contribution is -2.19. The van der Waals surface area contributed by atoms with Gasteiger partial charge < -0.3 is 10.1 Å². The Morgan fingerprint density at radius 1 is 1.38 bits per heavy atom. The Morgan fingerprint density at radius 3 is 2.83 bits per heavy atom. The number of fused-ring (bicyclic) bond motifs is 1. The Bertz CT molecular complexity index is 739. The molecule has 1 aliphatic rings. The first-order valence-electron chi connectivity index (χ1n) is 8.36. The Balaban J connectivity index is 1.99. The van der Waals surface area contributed by atoms with Crippen molar-refractivity contribution in [3.63, 3.8) is 0 Å². The number of carbonyl (C=O) groups excluding carboxylic acids is 1. The van der Waals surface area contributed by atoms with Crippen LogP contribution >= 0.6 is 31.9 Å². The molecule has 0 aromatic carbocycles. The topological polar surface area (TPSA) is 55.6 Å². The molecule has 1 N–H and O–H groups in total. The molecule has 0 bridgehead atoms. The minimum atomic E-state index is -0.254. The standard InChI is InChI=1S/C17H21Br2N3O2/c1-2-24-14(23)9-20-17-15(11-6-4-3-5-7-11)21-16-13(19)8-12(18)10-22(16)17/h8,10-11,20H,2-7,9H2,1H3. The highest BCUT2D eigenvalue weighted by Gasteiger charge is 2.24. The van der Waals surface area contributed by atoms with E-state index >= 15 is 0 Å². The highest BCUT2D eigenvalue weighted by Crippen LogP contribution is 2.38. The smallest absolute Gasteiger partial charge is 0.325 e. The van der Waals surface area contributed by atoms with E-state index in [0.717, 1.165) is 38.9 Å². The fourth-order valence-electron chi connectivity index (χ4n) is 3.29. The number of imidazole rings is 1. The fourth-order valence-corrected chi connectivity index (χ4v) is 4.56. The first-order valence-corrected chi connectivity index (χ1v) is 9.95. The third-order valence-corrected chi connectivity index (χ3v) is 5.38. The second-order valence-corrected chi connectivity index (χ2v) is 7.81. The van der Waals surface area contributed by atoms with Crippen LogP contribution in [0.25, 0.3) is 5.65 Å². The third-order valence-electron chi connectivity index (χ3n) is 4.37. The van der Waals surface area contributed by atoms with Gasteiger partial charge in [0.05, 0.1) is 16.8 Å². The predicted molar refractivity (Wildman–Crippen MR) is 102 cm³/mol. The average Bonchev–Trinajstić information content (AvgIpc) is 2.93. The Hall–Kier alpha value is -1.08. The highest BCUT2D eigenvalue weighted by atomic mass is 79.9. The molecule has 2 heterocycles. The number of anilines is 1. The number of pyridine rings is 1. The Labute approximate surface area is 158 Å². The summed E-state index contributed by atoms with van der Waals surface area (Å²) < 4.78 is 8.93. The van der Waals surface area contributed by atoms with E-state index in [9.17, 15) is 4.79 Å². The molecule has 24 heavy (non-hydrogen) atoms. The molecule has 0 radical (unpaired) electrons. The van der Waals surface area contributed by atoms with Crippen molar-refractivity contribution in [3.8, 4) is 0 Å². The van der Waals surface area contributed by atoms with Crippen LogP contribution in [0.5, 0.6) is 0 Å². The molecular weight excluding hydrogens is 438 g/mol. The number of carbonyl (C=O) groups is 1. The average molecular weight is 459 g/mol. The zero-order chi connectivity index (χ0) is 17.1. The van der Waals surface area contributed by atoms with E-state index in [1.165, 1.54) is 19.3 Å². The van der Waals surface area contributed by atoms with Gasteiger partial charge in [0.25, 0.3) is 0 Å². The number of hydrogen-bond donors (Lipinski definition) is 1. The van der Waals surface area contributed by atoms with Crippen molar-refractivity contribution in [2.24, 2.45) is 0 Å². The third kappa shape index (κ3) is 3.77. The van der Waals surface area contributed by atoms with Gasteiger partial charge in [-0.2, -0.15) is 0 Å². The molecule has 2 aromatic rings. The Morgan fingerprint density at radius 2 is 2.12 bits per heavy atom. The largest absolute Gasteiger partial charge is 0.465 e. The van der Waals surface area contributed by atoms with Gasteiger partial charge in [0.15, 0.2) is 5.65 Å². The van der Waals surface area contributed by atoms with Crippen molar-refractivity contribution in [2.45, 2.75) is 44.9 Å². The maximum Gasteiger partial charge on any atom is 0.325 e. The second kappa shape index (κ2) is 7.87. The van der Waals surface area contributed by atoms with E-state index in [2.05, 4.69) is 37.2 Å². The van der Waals surface area contributed by atoms with Gasteiger partial charge in [0.1, 0.15) is 12.4 Å². The molecule has 0 unspecified atom stereocenters. The zero-order valence-electron chi connectivity index (χ0n) is 13.6. The molecule has 0 saturated heterocycles. The van der Waals surface area contributed by atoms with Crippen molar-refractivity contribution in [1.82, 2.24) is 9.38 Å². The number of esters is 1. The number of ether oxygens (including phenoxy) is 1. The fraction of sp³-hybridized carbons (Fsp3) is 0.529. The molecular formula is C17H21Br2N3O2. The van der Waals surface area contributed by atoms with Crippen LogP contribution in [-0.4, -0.2) is 28.5 Å². The molecule has 0 amide bonds. The normalized spacial score (nSPS) is 15.6. The van der Waals surface area contributed by atoms with Crippen LogP contribution in [0, 0.1) is 0 Å². The van der Waals surface area contributed by atoms with Crippen LogP contribution in [0.2, 0.25) is 0 Å². The van der Waals surface area contributed by atoms with Crippen molar-refractivity contribution < 1.29 is 9.53 Å². The van der Waals surface area contributed by atoms with Crippen molar-refractivity contribution >= 4 is 49.3 Å². The predicted octanol–water partition coefficient (Wildman–Crippen LogP) is 4.88. The van der Waals surface area contributed by atoms with E-state index in [0.29, 0.717) is 12.5 Å². The summed E-state index contributed by atoms with van der Waals surface area (Å²) in [5, 5.41) is 3.26. The van der Waals surface area contributed by atoms with Gasteiger partial charge >= 0.3 is 5.97 Å². The molecule has 0 atom stereocenters. The number of nitrogens with zero attached hydrogens (tertiary/aromatic N) is 2. The van der Waals surface area contributed by atoms with Gasteiger partial charge in [0.2, 0.25) is 0 Å². The van der Waals surface area contributed by atoms with E-state index in [4.69, 9.17) is 9.72 Å². The van der Waals surface area contributed by atoms with Crippen LogP contribution in [0.4, 0.5) is 5.82 Å². The monoisotopic (exact) mass is 457 g/mol. The molecule has 3 rings (SSSR count). The van der Waals surface area contributed by atoms with Gasteiger partial charge in [-0.1, -0.05) is 19.3 Å². The maximum absolute atomic E-state index is 11.8. The number of hydrogen-bond acceptors (Lipinski definition) is 4. The summed E-state index contributed by atoms with van der Waals surface area (Å²) >= 11 is 7.12. The molecule has 0 spiro atoms. The summed E-state index contributed by atoms with van der Waals surface area (Å²) in [5.41, 5.74) is 1.92. The summed E-state index contributed by atoms with van der Waals surface area (Å²) in [6.45, 7) is 2.35. The lowest BCUT2D eigenvalue weighted by molar-refractivity contribution is -0.140. The van der Waals surface area contributed by atoms with Gasteiger partial charge in [-0.05, 0) is 57.7 Å². The summed E-state index contributed by atoms with van der Waals surface area (Å²) in [7, 11) is 0. The van der Waals surface area contributed by atoms with Crippen LogP contribution in [0.15, 0.2) is 21.2 Å². The summed E-state index contributed by atoms with van der Waals surface area (Å²) in [6.07, 6.45) is 8.05. The Kier molecular flexibility index (Phi) is 5.81. The van der Waals surface area contributed by atoms with Gasteiger partial charge in [0, 0.05) is 16.6 Å². The first kappa shape index (κ1) is 17.7. The molecule has 7 heteroatoms. The number of rotatable bonds is 5. The molecule has 0 aliphatic heterocycles. The zero-order valence-corrected chi connectivity index (χ0v) is 16.8. The lowest BCUT2D eigenvalue weighted by atomic mass is 9.87. The molecule has 1 fully saturated rings. The van der Waals surface area contributed by atoms with Crippen LogP contribution in [-0.2, 0) is 9.53 Å². The van der Waals surface area contributed by atoms with E-state index < -0.39 is 0 Å². The molecule has 130 valence electrons. The molecule has 5 nitrogen and oxygen atoms in total. The summed E-state index contributed by atoms with van der Waals surface area (Å²) in [5.74, 6) is 1.08. The quantitative estimate of drug-likeness (QED) is 0.648.